The third-order valence-electron chi connectivity index (χ3n) is 8.32. The van der Waals surface area contributed by atoms with Gasteiger partial charge in [-0.15, -0.1) is 23.5 Å². The molecule has 4 rings (SSSR count). The molecule has 0 bridgehead atoms. The van der Waals surface area contributed by atoms with Crippen molar-refractivity contribution in [3.05, 3.63) is 22.0 Å². The molecule has 0 aromatic carbocycles. The summed E-state index contributed by atoms with van der Waals surface area (Å²) in [4.78, 5) is 10.5. The summed E-state index contributed by atoms with van der Waals surface area (Å²) in [6.07, 6.45) is 10.6. The number of thiocarbonyl (C=S) groups is 4. The molecule has 4 heterocycles. The first-order chi connectivity index (χ1) is 19.3. The lowest BCUT2D eigenvalue weighted by Gasteiger charge is -2.44. The minimum atomic E-state index is -0.908. The zero-order valence-electron chi connectivity index (χ0n) is 24.5. The maximum absolute atomic E-state index is 12.7. The highest BCUT2D eigenvalue weighted by molar-refractivity contribution is 8.03. The van der Waals surface area contributed by atoms with Gasteiger partial charge in [0.15, 0.2) is 0 Å². The molecule has 0 spiro atoms. The standard InChI is InChI=1S/C29H42N2O2S8/c1-28(2,30-24(34)18-22-20(26(30)36)8-12-38-22)10-5-14-40(32)16-7-17-41(33)15-6-11-29(3,4)31-25(35)19-23-21(27(31)37)9-13-39-23/h18-21H,5-17H2,1-4H3. The highest BCUT2D eigenvalue weighted by atomic mass is 32.2. The molecule has 4 nitrogen and oxygen atoms in total. The van der Waals surface area contributed by atoms with Crippen LogP contribution in [0.25, 0.3) is 0 Å². The normalized spacial score (nSPS) is 24.8. The first kappa shape index (κ1) is 34.3. The van der Waals surface area contributed by atoms with Crippen LogP contribution in [0.2, 0.25) is 0 Å². The van der Waals surface area contributed by atoms with Gasteiger partial charge in [0.2, 0.25) is 0 Å². The molecule has 0 aliphatic carbocycles. The summed E-state index contributed by atoms with van der Waals surface area (Å²) in [6, 6.07) is 0. The molecule has 228 valence electrons. The second-order valence-corrected chi connectivity index (χ2v) is 19.8. The quantitative estimate of drug-likeness (QED) is 0.173. The van der Waals surface area contributed by atoms with E-state index in [9.17, 15) is 8.42 Å². The van der Waals surface area contributed by atoms with Crippen LogP contribution in [-0.4, -0.2) is 83.8 Å². The van der Waals surface area contributed by atoms with Crippen LogP contribution < -0.4 is 0 Å². The number of rotatable bonds is 14. The van der Waals surface area contributed by atoms with Crippen molar-refractivity contribution in [1.82, 2.24) is 9.80 Å². The van der Waals surface area contributed by atoms with Gasteiger partial charge in [-0.25, -0.2) is 0 Å². The van der Waals surface area contributed by atoms with Crippen molar-refractivity contribution in [3.63, 3.8) is 0 Å². The van der Waals surface area contributed by atoms with E-state index in [1.165, 1.54) is 9.81 Å². The Kier molecular flexibility index (Phi) is 12.3. The van der Waals surface area contributed by atoms with E-state index in [1.807, 2.05) is 23.5 Å². The molecule has 2 fully saturated rings. The topological polar surface area (TPSA) is 40.6 Å². The van der Waals surface area contributed by atoms with Gasteiger partial charge in [-0.05, 0) is 106 Å². The van der Waals surface area contributed by atoms with Crippen molar-refractivity contribution in [2.45, 2.75) is 83.7 Å². The summed E-state index contributed by atoms with van der Waals surface area (Å²) in [5.41, 5.74) is -0.390. The molecule has 4 atom stereocenters. The van der Waals surface area contributed by atoms with Crippen LogP contribution in [0.1, 0.15) is 72.6 Å². The monoisotopic (exact) mass is 706 g/mol. The van der Waals surface area contributed by atoms with E-state index in [1.54, 1.807) is 0 Å². The number of fused-ring (bicyclic) bond motifs is 2. The SMILES string of the molecule is CC(C)(CCCS(=O)CCCS(=O)CCCC(C)(C)N1C(=S)C=C2SCCC2C1=S)N1C(=S)C=C2SCCC2C1=S. The van der Waals surface area contributed by atoms with Gasteiger partial charge in [-0.3, -0.25) is 8.42 Å². The van der Waals surface area contributed by atoms with E-state index in [4.69, 9.17) is 48.9 Å². The Morgan fingerprint density at radius 3 is 1.46 bits per heavy atom. The highest BCUT2D eigenvalue weighted by Crippen LogP contribution is 2.44. The van der Waals surface area contributed by atoms with Crippen LogP contribution >= 0.6 is 72.4 Å². The van der Waals surface area contributed by atoms with Crippen molar-refractivity contribution in [1.29, 1.82) is 0 Å². The fraction of sp³-hybridized carbons (Fsp3) is 0.724. The van der Waals surface area contributed by atoms with Crippen molar-refractivity contribution in [2.24, 2.45) is 11.8 Å². The van der Waals surface area contributed by atoms with Crippen LogP contribution in [0.15, 0.2) is 22.0 Å². The molecule has 0 N–H and O–H groups in total. The Labute approximate surface area is 282 Å². The van der Waals surface area contributed by atoms with Gasteiger partial charge in [-0.2, -0.15) is 0 Å². The lowest BCUT2D eigenvalue weighted by atomic mass is 9.91. The molecular formula is C29H42N2O2S8. The molecule has 0 saturated carbocycles. The molecule has 41 heavy (non-hydrogen) atoms. The predicted octanol–water partition coefficient (Wildman–Crippen LogP) is 7.21. The lowest BCUT2D eigenvalue weighted by molar-refractivity contribution is 0.284. The number of hydrogen-bond donors (Lipinski definition) is 0. The van der Waals surface area contributed by atoms with Crippen molar-refractivity contribution >= 4 is 114 Å². The van der Waals surface area contributed by atoms with E-state index in [-0.39, 0.29) is 11.1 Å². The van der Waals surface area contributed by atoms with Gasteiger partial charge in [0.05, 0.1) is 9.98 Å². The molecule has 0 aromatic heterocycles. The molecule has 4 aliphatic heterocycles. The number of nitrogens with zero attached hydrogens (tertiary/aromatic N) is 2. The van der Waals surface area contributed by atoms with Crippen molar-refractivity contribution in [3.8, 4) is 0 Å². The minimum absolute atomic E-state index is 0.195. The molecule has 0 aromatic rings. The molecule has 4 aliphatic rings. The first-order valence-electron chi connectivity index (χ1n) is 14.5. The van der Waals surface area contributed by atoms with Gasteiger partial charge in [-0.1, -0.05) is 48.9 Å². The summed E-state index contributed by atoms with van der Waals surface area (Å²) >= 11 is 26.9. The fourth-order valence-electron chi connectivity index (χ4n) is 6.08. The highest BCUT2D eigenvalue weighted by Gasteiger charge is 2.41. The summed E-state index contributed by atoms with van der Waals surface area (Å²) < 4.78 is 25.4. The smallest absolute Gasteiger partial charge is 0.108 e. The van der Waals surface area contributed by atoms with Gasteiger partial charge >= 0.3 is 0 Å². The Bertz CT molecular complexity index is 1100. The van der Waals surface area contributed by atoms with E-state index >= 15 is 0 Å². The zero-order valence-corrected chi connectivity index (χ0v) is 31.0. The average molecular weight is 707 g/mol. The Morgan fingerprint density at radius 2 is 1.07 bits per heavy atom. The van der Waals surface area contributed by atoms with E-state index in [0.717, 1.165) is 76.4 Å². The Hall–Kier alpha value is 0.440. The largest absolute Gasteiger partial charge is 0.321 e. The van der Waals surface area contributed by atoms with Crippen LogP contribution in [0, 0.1) is 11.8 Å². The van der Waals surface area contributed by atoms with Gasteiger partial charge < -0.3 is 9.80 Å². The second-order valence-electron chi connectivity index (χ2n) is 12.4. The number of thioether (sulfide) groups is 2. The molecule has 0 amide bonds. The Morgan fingerprint density at radius 1 is 0.707 bits per heavy atom. The van der Waals surface area contributed by atoms with E-state index in [2.05, 4.69) is 49.6 Å². The molecule has 4 unspecified atom stereocenters. The lowest BCUT2D eigenvalue weighted by Crippen LogP contribution is -2.53. The summed E-state index contributed by atoms with van der Waals surface area (Å²) in [7, 11) is -1.82. The summed E-state index contributed by atoms with van der Waals surface area (Å²) in [6.45, 7) is 8.75. The van der Waals surface area contributed by atoms with E-state index < -0.39 is 21.6 Å². The van der Waals surface area contributed by atoms with Crippen molar-refractivity contribution < 1.29 is 8.42 Å². The zero-order chi connectivity index (χ0) is 29.9. The maximum atomic E-state index is 12.7. The average Bonchev–Trinajstić information content (AvgIpc) is 3.53. The van der Waals surface area contributed by atoms with Crippen LogP contribution in [0.3, 0.4) is 0 Å². The molecular weight excluding hydrogens is 665 g/mol. The fourth-order valence-corrected chi connectivity index (χ4v) is 13.5. The van der Waals surface area contributed by atoms with Crippen LogP contribution in [0.4, 0.5) is 0 Å². The maximum Gasteiger partial charge on any atom is 0.108 e. The Balaban J connectivity index is 1.13. The first-order valence-corrected chi connectivity index (χ1v) is 21.0. The predicted molar refractivity (Wildman–Crippen MR) is 198 cm³/mol. The van der Waals surface area contributed by atoms with E-state index in [0.29, 0.717) is 34.8 Å². The summed E-state index contributed by atoms with van der Waals surface area (Å²) in [5.74, 6) is 5.40. The van der Waals surface area contributed by atoms with Gasteiger partial charge in [0, 0.05) is 67.5 Å². The third-order valence-corrected chi connectivity index (χ3v) is 15.2. The summed E-state index contributed by atoms with van der Waals surface area (Å²) in [5, 5.41) is 0. The minimum Gasteiger partial charge on any atom is -0.321 e. The molecule has 0 radical (unpaired) electrons. The third kappa shape index (κ3) is 8.38. The molecule has 12 heteroatoms. The number of hydrogen-bond acceptors (Lipinski definition) is 8. The van der Waals surface area contributed by atoms with Crippen LogP contribution in [-0.2, 0) is 21.6 Å². The molecule has 2 saturated heterocycles. The van der Waals surface area contributed by atoms with Crippen molar-refractivity contribution in [2.75, 3.05) is 34.5 Å². The van der Waals surface area contributed by atoms with Gasteiger partial charge in [0.25, 0.3) is 0 Å². The van der Waals surface area contributed by atoms with Gasteiger partial charge in [0.1, 0.15) is 9.98 Å². The van der Waals surface area contributed by atoms with Crippen LogP contribution in [0.5, 0.6) is 0 Å². The second kappa shape index (κ2) is 14.7.